The van der Waals surface area contributed by atoms with Crippen molar-refractivity contribution >= 4 is 29.2 Å². The minimum Gasteiger partial charge on any atom is -0.507 e. The molecule has 0 spiro atoms. The molecule has 3 rings (SSSR count). The number of phenols is 2. The second kappa shape index (κ2) is 7.38. The van der Waals surface area contributed by atoms with Gasteiger partial charge in [0.1, 0.15) is 17.2 Å². The number of H-pyrrole nitrogens is 1. The normalized spacial score (nSPS) is 10.4. The summed E-state index contributed by atoms with van der Waals surface area (Å²) in [6.45, 7) is 0. The molecule has 0 atom stereocenters. The molecule has 1 amide bonds. The van der Waals surface area contributed by atoms with Crippen molar-refractivity contribution in [2.75, 3.05) is 12.4 Å². The lowest BCUT2D eigenvalue weighted by atomic mass is 10.1. The Kier molecular flexibility index (Phi) is 5.00. The van der Waals surface area contributed by atoms with Crippen LogP contribution in [0.2, 0.25) is 5.02 Å². The van der Waals surface area contributed by atoms with E-state index in [1.54, 1.807) is 12.1 Å². The third-order valence-electron chi connectivity index (χ3n) is 3.77. The predicted octanol–water partition coefficient (Wildman–Crippen LogP) is 3.18. The first-order valence-electron chi connectivity index (χ1n) is 7.66. The number of carbonyl (C=O) groups is 2. The topological polar surface area (TPSA) is 125 Å². The Balaban J connectivity index is 1.86. The van der Waals surface area contributed by atoms with E-state index in [2.05, 4.69) is 20.3 Å². The van der Waals surface area contributed by atoms with E-state index >= 15 is 0 Å². The molecular formula is C18H14ClN3O5. The molecule has 0 fully saturated rings. The largest absolute Gasteiger partial charge is 0.507 e. The fraction of sp³-hybridized carbons (Fsp3) is 0.0556. The van der Waals surface area contributed by atoms with Crippen LogP contribution in [0.3, 0.4) is 0 Å². The zero-order chi connectivity index (χ0) is 19.6. The van der Waals surface area contributed by atoms with Crippen LogP contribution < -0.4 is 5.32 Å². The molecular weight excluding hydrogens is 374 g/mol. The van der Waals surface area contributed by atoms with E-state index < -0.39 is 11.9 Å². The first-order valence-corrected chi connectivity index (χ1v) is 8.04. The minimum atomic E-state index is -0.492. The lowest BCUT2D eigenvalue weighted by Crippen LogP contribution is -2.12. The Morgan fingerprint density at radius 3 is 2.52 bits per heavy atom. The highest BCUT2D eigenvalue weighted by Gasteiger charge is 2.20. The molecule has 3 aromatic rings. The maximum atomic E-state index is 12.6. The van der Waals surface area contributed by atoms with Crippen molar-refractivity contribution in [3.05, 3.63) is 58.7 Å². The fourth-order valence-corrected chi connectivity index (χ4v) is 2.58. The van der Waals surface area contributed by atoms with Gasteiger partial charge in [0, 0.05) is 23.5 Å². The fourth-order valence-electron chi connectivity index (χ4n) is 2.41. The number of anilines is 1. The second-order valence-electron chi connectivity index (χ2n) is 5.49. The van der Waals surface area contributed by atoms with E-state index in [0.717, 1.165) is 6.07 Å². The van der Waals surface area contributed by atoms with Crippen LogP contribution in [0.5, 0.6) is 11.5 Å². The van der Waals surface area contributed by atoms with Gasteiger partial charge in [0.25, 0.3) is 5.91 Å². The van der Waals surface area contributed by atoms with Crippen molar-refractivity contribution in [3.8, 4) is 22.8 Å². The average molecular weight is 388 g/mol. The summed E-state index contributed by atoms with van der Waals surface area (Å²) in [5, 5.41) is 28.8. The van der Waals surface area contributed by atoms with Crippen LogP contribution in [0.1, 0.15) is 20.7 Å². The van der Waals surface area contributed by atoms with Gasteiger partial charge in [-0.15, -0.1) is 0 Å². The Labute approximate surface area is 158 Å². The van der Waals surface area contributed by atoms with Crippen molar-refractivity contribution < 1.29 is 24.5 Å². The Morgan fingerprint density at radius 2 is 1.85 bits per heavy atom. The maximum Gasteiger partial charge on any atom is 0.337 e. The molecule has 4 N–H and O–H groups in total. The van der Waals surface area contributed by atoms with Crippen LogP contribution in [0.15, 0.2) is 42.6 Å². The van der Waals surface area contributed by atoms with Gasteiger partial charge in [-0.25, -0.2) is 4.79 Å². The molecule has 138 valence electrons. The number of hydrogen-bond acceptors (Lipinski definition) is 6. The van der Waals surface area contributed by atoms with Crippen LogP contribution in [-0.2, 0) is 4.74 Å². The lowest BCUT2D eigenvalue weighted by molar-refractivity contribution is 0.0600. The molecule has 0 radical (unpaired) electrons. The minimum absolute atomic E-state index is 0.00978. The molecule has 0 saturated carbocycles. The van der Waals surface area contributed by atoms with Gasteiger partial charge in [-0.3, -0.25) is 9.89 Å². The highest BCUT2D eigenvalue weighted by molar-refractivity contribution is 6.32. The number of amides is 1. The molecule has 1 aromatic heterocycles. The number of halogens is 1. The summed E-state index contributed by atoms with van der Waals surface area (Å²) in [5.41, 5.74) is 1.31. The highest BCUT2D eigenvalue weighted by Crippen LogP contribution is 2.37. The molecule has 27 heavy (non-hydrogen) atoms. The highest BCUT2D eigenvalue weighted by atomic mass is 35.5. The number of aromatic amines is 1. The first-order chi connectivity index (χ1) is 12.9. The summed E-state index contributed by atoms with van der Waals surface area (Å²) < 4.78 is 4.62. The van der Waals surface area contributed by atoms with Crippen molar-refractivity contribution in [3.63, 3.8) is 0 Å². The molecule has 8 nitrogen and oxygen atoms in total. The Hall–Kier alpha value is -3.52. The van der Waals surface area contributed by atoms with Crippen molar-refractivity contribution in [1.82, 2.24) is 10.2 Å². The molecule has 0 bridgehead atoms. The standard InChI is InChI=1S/C18H14ClN3O5/c1-27-18(26)9-2-4-10(5-3-9)21-17(25)12-8-20-22-16(12)11-6-13(19)15(24)7-14(11)23/h2-8,23-24H,1H3,(H,20,22)(H,21,25). The molecule has 0 aliphatic rings. The van der Waals surface area contributed by atoms with Gasteiger partial charge in [0.2, 0.25) is 0 Å². The number of nitrogens with zero attached hydrogens (tertiary/aromatic N) is 1. The van der Waals surface area contributed by atoms with E-state index in [1.807, 2.05) is 0 Å². The number of ether oxygens (including phenoxy) is 1. The van der Waals surface area contributed by atoms with Gasteiger partial charge in [0.15, 0.2) is 0 Å². The van der Waals surface area contributed by atoms with Gasteiger partial charge in [-0.2, -0.15) is 5.10 Å². The summed E-state index contributed by atoms with van der Waals surface area (Å²) in [6.07, 6.45) is 1.37. The zero-order valence-corrected chi connectivity index (χ0v) is 14.7. The average Bonchev–Trinajstić information content (AvgIpc) is 3.14. The van der Waals surface area contributed by atoms with Gasteiger partial charge in [-0.1, -0.05) is 11.6 Å². The summed E-state index contributed by atoms with van der Waals surface area (Å²) >= 11 is 5.88. The summed E-state index contributed by atoms with van der Waals surface area (Å²) in [7, 11) is 1.28. The molecule has 2 aromatic carbocycles. The van der Waals surface area contributed by atoms with E-state index in [1.165, 1.54) is 31.5 Å². The monoisotopic (exact) mass is 387 g/mol. The molecule has 1 heterocycles. The molecule has 0 aliphatic heterocycles. The molecule has 0 aliphatic carbocycles. The van der Waals surface area contributed by atoms with Crippen molar-refractivity contribution in [2.45, 2.75) is 0 Å². The van der Waals surface area contributed by atoms with Gasteiger partial charge < -0.3 is 20.3 Å². The molecule has 9 heteroatoms. The lowest BCUT2D eigenvalue weighted by Gasteiger charge is -2.08. The summed E-state index contributed by atoms with van der Waals surface area (Å²) in [5.74, 6) is -1.54. The first kappa shape index (κ1) is 18.3. The van der Waals surface area contributed by atoms with Crippen LogP contribution in [0.4, 0.5) is 5.69 Å². The quantitative estimate of drug-likeness (QED) is 0.509. The number of methoxy groups -OCH3 is 1. The van der Waals surface area contributed by atoms with Crippen LogP contribution >= 0.6 is 11.6 Å². The molecule has 0 unspecified atom stereocenters. The number of benzene rings is 2. The predicted molar refractivity (Wildman–Crippen MR) is 98.1 cm³/mol. The van der Waals surface area contributed by atoms with Gasteiger partial charge in [0.05, 0.1) is 23.3 Å². The Morgan fingerprint density at radius 1 is 1.15 bits per heavy atom. The number of carbonyl (C=O) groups excluding carboxylic acids is 2. The van der Waals surface area contributed by atoms with Crippen LogP contribution in [0, 0.1) is 0 Å². The number of aromatic nitrogens is 2. The summed E-state index contributed by atoms with van der Waals surface area (Å²) in [6, 6.07) is 8.52. The molecule has 0 saturated heterocycles. The third kappa shape index (κ3) is 3.70. The van der Waals surface area contributed by atoms with E-state index in [-0.39, 0.29) is 33.3 Å². The summed E-state index contributed by atoms with van der Waals surface area (Å²) in [4.78, 5) is 24.0. The van der Waals surface area contributed by atoms with Crippen LogP contribution in [-0.4, -0.2) is 39.4 Å². The van der Waals surface area contributed by atoms with Crippen molar-refractivity contribution in [1.29, 1.82) is 0 Å². The Bertz CT molecular complexity index is 1010. The van der Waals surface area contributed by atoms with E-state index in [0.29, 0.717) is 11.3 Å². The van der Waals surface area contributed by atoms with Crippen molar-refractivity contribution in [2.24, 2.45) is 0 Å². The van der Waals surface area contributed by atoms with Gasteiger partial charge >= 0.3 is 5.97 Å². The van der Waals surface area contributed by atoms with E-state index in [9.17, 15) is 19.8 Å². The number of hydrogen-bond donors (Lipinski definition) is 4. The third-order valence-corrected chi connectivity index (χ3v) is 4.07. The number of nitrogens with one attached hydrogen (secondary N) is 2. The van der Waals surface area contributed by atoms with E-state index in [4.69, 9.17) is 11.6 Å². The van der Waals surface area contributed by atoms with Crippen LogP contribution in [0.25, 0.3) is 11.3 Å². The SMILES string of the molecule is COC(=O)c1ccc(NC(=O)c2c[nH]nc2-c2cc(Cl)c(O)cc2O)cc1. The number of phenolic OH excluding ortho intramolecular Hbond substituents is 2. The zero-order valence-electron chi connectivity index (χ0n) is 14.0. The smallest absolute Gasteiger partial charge is 0.337 e. The van der Waals surface area contributed by atoms with Gasteiger partial charge in [-0.05, 0) is 30.3 Å². The second-order valence-corrected chi connectivity index (χ2v) is 5.90. The number of esters is 1. The number of rotatable bonds is 4. The maximum absolute atomic E-state index is 12.6. The number of aromatic hydroxyl groups is 2.